The van der Waals surface area contributed by atoms with E-state index in [1.807, 2.05) is 0 Å². The molecule has 0 heterocycles. The molecule has 3 amide bonds. The zero-order valence-corrected chi connectivity index (χ0v) is 14.2. The SMILES string of the molecule is O=C(Nc1ccc(NC(=O)c2ccc([N+](=O)[O-])cc2Cl)cc1)NC1CC1. The Labute approximate surface area is 153 Å². The molecule has 1 fully saturated rings. The molecule has 0 saturated heterocycles. The highest BCUT2D eigenvalue weighted by atomic mass is 35.5. The Balaban J connectivity index is 1.62. The molecule has 2 aromatic rings. The summed E-state index contributed by atoms with van der Waals surface area (Å²) < 4.78 is 0. The van der Waals surface area contributed by atoms with Gasteiger partial charge >= 0.3 is 6.03 Å². The number of hydrogen-bond donors (Lipinski definition) is 3. The molecule has 1 aliphatic carbocycles. The van der Waals surface area contributed by atoms with E-state index in [2.05, 4.69) is 16.0 Å². The van der Waals surface area contributed by atoms with Crippen LogP contribution in [0.15, 0.2) is 42.5 Å². The number of nitrogens with zero attached hydrogens (tertiary/aromatic N) is 1. The molecule has 9 heteroatoms. The van der Waals surface area contributed by atoms with Crippen LogP contribution in [-0.4, -0.2) is 22.9 Å². The maximum Gasteiger partial charge on any atom is 0.319 e. The number of halogens is 1. The predicted octanol–water partition coefficient (Wildman–Crippen LogP) is 3.78. The third-order valence-corrected chi connectivity index (χ3v) is 4.03. The molecule has 3 N–H and O–H groups in total. The monoisotopic (exact) mass is 374 g/mol. The van der Waals surface area contributed by atoms with Gasteiger partial charge in [-0.25, -0.2) is 4.79 Å². The van der Waals surface area contributed by atoms with Crippen molar-refractivity contribution in [2.45, 2.75) is 18.9 Å². The Bertz CT molecular complexity index is 866. The van der Waals surface area contributed by atoms with Gasteiger partial charge in [0.05, 0.1) is 15.5 Å². The Morgan fingerprint density at radius 2 is 1.65 bits per heavy atom. The van der Waals surface area contributed by atoms with Crippen molar-refractivity contribution in [1.82, 2.24) is 5.32 Å². The van der Waals surface area contributed by atoms with Crippen LogP contribution in [0, 0.1) is 10.1 Å². The lowest BCUT2D eigenvalue weighted by Crippen LogP contribution is -2.30. The van der Waals surface area contributed by atoms with E-state index >= 15 is 0 Å². The summed E-state index contributed by atoms with van der Waals surface area (Å²) in [4.78, 5) is 34.1. The van der Waals surface area contributed by atoms with Crippen LogP contribution >= 0.6 is 11.6 Å². The number of rotatable bonds is 5. The maximum absolute atomic E-state index is 12.3. The van der Waals surface area contributed by atoms with Crippen molar-refractivity contribution in [3.63, 3.8) is 0 Å². The number of urea groups is 1. The molecule has 0 unspecified atom stereocenters. The molecular weight excluding hydrogens is 360 g/mol. The molecule has 1 aliphatic rings. The minimum atomic E-state index is -0.585. The molecule has 134 valence electrons. The van der Waals surface area contributed by atoms with Gasteiger partial charge in [0, 0.05) is 29.5 Å². The lowest BCUT2D eigenvalue weighted by atomic mass is 10.2. The van der Waals surface area contributed by atoms with E-state index in [-0.39, 0.29) is 28.3 Å². The highest BCUT2D eigenvalue weighted by molar-refractivity contribution is 6.34. The first-order chi connectivity index (χ1) is 12.4. The summed E-state index contributed by atoms with van der Waals surface area (Å²) in [6.45, 7) is 0. The number of non-ortho nitro benzene ring substituents is 1. The molecular formula is C17H15ClN4O4. The average Bonchev–Trinajstić information content (AvgIpc) is 3.40. The van der Waals surface area contributed by atoms with Gasteiger partial charge < -0.3 is 16.0 Å². The first kappa shape index (κ1) is 17.7. The predicted molar refractivity (Wildman–Crippen MR) is 97.7 cm³/mol. The van der Waals surface area contributed by atoms with E-state index in [4.69, 9.17) is 11.6 Å². The fraction of sp³-hybridized carbons (Fsp3) is 0.176. The average molecular weight is 375 g/mol. The van der Waals surface area contributed by atoms with Gasteiger partial charge in [0.25, 0.3) is 11.6 Å². The Hall–Kier alpha value is -3.13. The van der Waals surface area contributed by atoms with Gasteiger partial charge in [0.1, 0.15) is 0 Å². The van der Waals surface area contributed by atoms with Gasteiger partial charge in [-0.1, -0.05) is 11.6 Å². The zero-order valence-electron chi connectivity index (χ0n) is 13.5. The topological polar surface area (TPSA) is 113 Å². The summed E-state index contributed by atoms with van der Waals surface area (Å²) in [5.74, 6) is -0.489. The van der Waals surface area contributed by atoms with Gasteiger partial charge in [-0.2, -0.15) is 0 Å². The number of anilines is 2. The molecule has 0 radical (unpaired) electrons. The largest absolute Gasteiger partial charge is 0.335 e. The highest BCUT2D eigenvalue weighted by Gasteiger charge is 2.23. The minimum Gasteiger partial charge on any atom is -0.335 e. The Morgan fingerprint density at radius 3 is 2.19 bits per heavy atom. The van der Waals surface area contributed by atoms with Crippen molar-refractivity contribution in [2.24, 2.45) is 0 Å². The van der Waals surface area contributed by atoms with Gasteiger partial charge in [0.2, 0.25) is 0 Å². The first-order valence-electron chi connectivity index (χ1n) is 7.85. The lowest BCUT2D eigenvalue weighted by Gasteiger charge is -2.09. The lowest BCUT2D eigenvalue weighted by molar-refractivity contribution is -0.384. The molecule has 26 heavy (non-hydrogen) atoms. The molecule has 2 aromatic carbocycles. The van der Waals surface area contributed by atoms with Crippen LogP contribution in [0.4, 0.5) is 21.9 Å². The summed E-state index contributed by atoms with van der Waals surface area (Å²) >= 11 is 5.94. The standard InChI is InChI=1S/C17H15ClN4O4/c18-15-9-13(22(25)26)7-8-14(15)16(23)19-10-1-3-11(4-2-10)20-17(24)21-12-5-6-12/h1-4,7-9,12H,5-6H2,(H,19,23)(H2,20,21,24). The first-order valence-corrected chi connectivity index (χ1v) is 8.23. The maximum atomic E-state index is 12.3. The van der Waals surface area contributed by atoms with Crippen LogP contribution in [0.5, 0.6) is 0 Å². The number of amides is 3. The highest BCUT2D eigenvalue weighted by Crippen LogP contribution is 2.24. The summed E-state index contributed by atoms with van der Waals surface area (Å²) in [6, 6.07) is 10.2. The van der Waals surface area contributed by atoms with Gasteiger partial charge in [-0.3, -0.25) is 14.9 Å². The number of nitro benzene ring substituents is 1. The summed E-state index contributed by atoms with van der Waals surface area (Å²) in [5.41, 5.74) is 1.03. The van der Waals surface area contributed by atoms with Crippen LogP contribution in [0.2, 0.25) is 5.02 Å². The van der Waals surface area contributed by atoms with E-state index in [1.54, 1.807) is 24.3 Å². The summed E-state index contributed by atoms with van der Waals surface area (Å²) in [6.07, 6.45) is 2.01. The second-order valence-corrected chi connectivity index (χ2v) is 6.23. The van der Waals surface area contributed by atoms with E-state index in [9.17, 15) is 19.7 Å². The molecule has 8 nitrogen and oxygen atoms in total. The van der Waals surface area contributed by atoms with Crippen LogP contribution in [0.25, 0.3) is 0 Å². The van der Waals surface area contributed by atoms with Crippen molar-refractivity contribution in [3.05, 3.63) is 63.2 Å². The van der Waals surface area contributed by atoms with E-state index in [0.717, 1.165) is 18.9 Å². The number of benzene rings is 2. The van der Waals surface area contributed by atoms with E-state index in [0.29, 0.717) is 11.4 Å². The quantitative estimate of drug-likeness (QED) is 0.545. The molecule has 0 atom stereocenters. The van der Waals surface area contributed by atoms with E-state index in [1.165, 1.54) is 12.1 Å². The third kappa shape index (κ3) is 4.48. The molecule has 0 bridgehead atoms. The molecule has 0 aromatic heterocycles. The second-order valence-electron chi connectivity index (χ2n) is 5.83. The van der Waals surface area contributed by atoms with Gasteiger partial charge in [0.15, 0.2) is 0 Å². The second kappa shape index (κ2) is 7.40. The molecule has 3 rings (SSSR count). The van der Waals surface area contributed by atoms with E-state index < -0.39 is 10.8 Å². The molecule has 0 aliphatic heterocycles. The van der Waals surface area contributed by atoms with Crippen LogP contribution in [0.3, 0.4) is 0 Å². The molecule has 0 spiro atoms. The fourth-order valence-corrected chi connectivity index (χ4v) is 2.48. The minimum absolute atomic E-state index is 0.00765. The number of carbonyl (C=O) groups is 2. The van der Waals surface area contributed by atoms with Crippen LogP contribution < -0.4 is 16.0 Å². The van der Waals surface area contributed by atoms with Crippen molar-refractivity contribution >= 4 is 40.6 Å². The Kier molecular flexibility index (Phi) is 5.04. The third-order valence-electron chi connectivity index (χ3n) is 3.72. The van der Waals surface area contributed by atoms with Crippen LogP contribution in [-0.2, 0) is 0 Å². The number of carbonyl (C=O) groups excluding carboxylic acids is 2. The normalized spacial score (nSPS) is 13.0. The Morgan fingerprint density at radius 1 is 1.04 bits per heavy atom. The van der Waals surface area contributed by atoms with Crippen molar-refractivity contribution in [3.8, 4) is 0 Å². The number of nitrogens with one attached hydrogen (secondary N) is 3. The van der Waals surface area contributed by atoms with Crippen LogP contribution in [0.1, 0.15) is 23.2 Å². The van der Waals surface area contributed by atoms with Crippen molar-refractivity contribution in [2.75, 3.05) is 10.6 Å². The smallest absolute Gasteiger partial charge is 0.319 e. The fourth-order valence-electron chi connectivity index (χ4n) is 2.22. The van der Waals surface area contributed by atoms with Gasteiger partial charge in [-0.05, 0) is 43.2 Å². The summed E-state index contributed by atoms with van der Waals surface area (Å²) in [7, 11) is 0. The number of nitro groups is 1. The molecule has 1 saturated carbocycles. The van der Waals surface area contributed by atoms with Gasteiger partial charge in [-0.15, -0.1) is 0 Å². The zero-order chi connectivity index (χ0) is 18.7. The van der Waals surface area contributed by atoms with Crippen molar-refractivity contribution in [1.29, 1.82) is 0 Å². The summed E-state index contributed by atoms with van der Waals surface area (Å²) in [5, 5.41) is 18.9. The van der Waals surface area contributed by atoms with Crippen molar-refractivity contribution < 1.29 is 14.5 Å². The number of hydrogen-bond acceptors (Lipinski definition) is 4.